The van der Waals surface area contributed by atoms with Gasteiger partial charge in [0.15, 0.2) is 0 Å². The zero-order valence-corrected chi connectivity index (χ0v) is 24.0. The molecule has 0 amide bonds. The molecule has 31 nitrogen and oxygen atoms in total. The summed E-state index contributed by atoms with van der Waals surface area (Å²) in [7, 11) is -10.5. The molecule has 48 N–H and O–H groups in total. The smallest absolute Gasteiger partial charge is 1.00 e. The van der Waals surface area contributed by atoms with Crippen LogP contribution in [0.4, 0.5) is 4.79 Å². The first-order valence-electron chi connectivity index (χ1n) is 2.14. The van der Waals surface area contributed by atoms with Crippen molar-refractivity contribution in [3.05, 3.63) is 0 Å². The summed E-state index contributed by atoms with van der Waals surface area (Å²) in [6, 6.07) is 0. The van der Waals surface area contributed by atoms with Gasteiger partial charge in [0, 0.05) is 0 Å². The van der Waals surface area contributed by atoms with Crippen LogP contribution < -0.4 is 59.1 Å². The molecule has 0 fully saturated rings. The van der Waals surface area contributed by atoms with Crippen LogP contribution in [0.15, 0.2) is 0 Å². The van der Waals surface area contributed by atoms with Crippen LogP contribution >= 0.6 is 15.6 Å². The van der Waals surface area contributed by atoms with Gasteiger partial charge in [0.05, 0.1) is 0 Å². The molecule has 252 valence electrons. The Morgan fingerprint density at radius 2 is 0.611 bits per heavy atom. The second kappa shape index (κ2) is 137. The summed E-state index contributed by atoms with van der Waals surface area (Å²) in [4.78, 5) is 33.8. The molecule has 35 heteroatoms. The molecule has 1 unspecified atom stereocenters. The van der Waals surface area contributed by atoms with Gasteiger partial charge in [0.25, 0.3) is 0 Å². The van der Waals surface area contributed by atoms with Gasteiger partial charge in [-0.3, -0.25) is 4.89 Å². The molecule has 0 rings (SSSR count). The summed E-state index contributed by atoms with van der Waals surface area (Å²) < 4.78 is 26.4. The molecule has 1 atom stereocenters. The van der Waals surface area contributed by atoms with E-state index in [0.29, 0.717) is 0 Å². The molecule has 0 radical (unpaired) electrons. The fourth-order valence-corrected chi connectivity index (χ4v) is 1.66. The summed E-state index contributed by atoms with van der Waals surface area (Å²) in [5, 5.41) is 7.76. The third-order valence-corrected chi connectivity index (χ3v) is 2.47. The van der Waals surface area contributed by atoms with E-state index in [2.05, 4.69) is 8.83 Å². The Hall–Kier alpha value is 0.690. The Bertz CT molecular complexity index is 287. The third kappa shape index (κ3) is 288. The largest absolute Gasteiger partial charge is 1.00 e. The van der Waals surface area contributed by atoms with Crippen molar-refractivity contribution in [1.82, 2.24) is 0 Å². The first-order chi connectivity index (χ1) is 5.12. The first-order valence-corrected chi connectivity index (χ1v) is 5.17. The van der Waals surface area contributed by atoms with E-state index in [9.17, 15) is 13.9 Å². The number of rotatable bonds is 3. The first kappa shape index (κ1) is 342. The predicted molar refractivity (Wildman–Crippen MR) is 114 cm³/mol. The Labute approximate surface area is 246 Å². The maximum absolute atomic E-state index is 10.3. The molecular formula is CH50Na2O31P2. The minimum Gasteiger partial charge on any atom is -1.00 e. The van der Waals surface area contributed by atoms with Crippen molar-refractivity contribution in [2.24, 2.45) is 0 Å². The summed E-state index contributed by atoms with van der Waals surface area (Å²) in [5.41, 5.74) is 0. The molecule has 0 heterocycles. The number of carboxylic acid groups (broad SMARTS) is 1. The summed E-state index contributed by atoms with van der Waals surface area (Å²) in [6.07, 6.45) is -2.19. The molecule has 0 aromatic heterocycles. The normalized spacial score (nSPS) is 5.53. The predicted octanol–water partition coefficient (Wildman–Crippen LogP) is -24.0. The Morgan fingerprint density at radius 1 is 0.472 bits per heavy atom. The Kier molecular flexibility index (Phi) is 1300. The van der Waals surface area contributed by atoms with Gasteiger partial charge in [0.2, 0.25) is 0 Å². The van der Waals surface area contributed by atoms with E-state index < -0.39 is 21.8 Å². The minimum atomic E-state index is -5.24. The maximum atomic E-state index is 10.3. The van der Waals surface area contributed by atoms with Crippen molar-refractivity contribution in [2.75, 3.05) is 0 Å². The quantitative estimate of drug-likeness (QED) is 0.164. The van der Waals surface area contributed by atoms with E-state index in [1.165, 1.54) is 0 Å². The zero-order valence-electron chi connectivity index (χ0n) is 20.2. The van der Waals surface area contributed by atoms with Gasteiger partial charge in [-0.25, -0.2) is 13.9 Å². The van der Waals surface area contributed by atoms with E-state index >= 15 is 0 Å². The van der Waals surface area contributed by atoms with Crippen molar-refractivity contribution in [2.45, 2.75) is 0 Å². The van der Waals surface area contributed by atoms with Crippen molar-refractivity contribution in [3.63, 3.8) is 0 Å². The van der Waals surface area contributed by atoms with E-state index in [-0.39, 0.29) is 182 Å². The van der Waals surface area contributed by atoms with Gasteiger partial charge < -0.3 is 143 Å². The standard InChI is InChI=1S/CH4O9P2.2Na.22H2O.2H/c2-1(3)9-12(7,8)10-11(4,5)6;;;;;;;;;;;;;;;;;;;;;;;;;;/h(H,2,3)(H,7,8)(H2,4,5,6);;;22*1H2;;/q;2*+1;;;;;;;;;;;;;;;;;;;;;;;2*-1. The number of hydrogen-bond donors (Lipinski definition) is 4. The summed E-state index contributed by atoms with van der Waals surface area (Å²) in [5.74, 6) is 0. The molecule has 0 saturated carbocycles. The van der Waals surface area contributed by atoms with Crippen LogP contribution in [-0.4, -0.2) is 146 Å². The van der Waals surface area contributed by atoms with Crippen molar-refractivity contribution < 1.29 is 225 Å². The monoisotopic (exact) mass is 666 g/mol. The molecule has 0 saturated heterocycles. The SMILES string of the molecule is O.O.O.O.O.O.O.O.O.O.O.O.O.O.O.O.O.O.O.O.O.O.O=C(O)OP(=O)(O)OP(=O)(O)O.[H-].[H-].[Na+].[Na+]. The average molecular weight is 666 g/mol. The van der Waals surface area contributed by atoms with Gasteiger partial charge in [0.1, 0.15) is 0 Å². The summed E-state index contributed by atoms with van der Waals surface area (Å²) >= 11 is 0. The van der Waals surface area contributed by atoms with Gasteiger partial charge in [-0.2, -0.15) is 4.31 Å². The third-order valence-electron chi connectivity index (χ3n) is 0.403. The van der Waals surface area contributed by atoms with Crippen LogP contribution in [0, 0.1) is 0 Å². The van der Waals surface area contributed by atoms with Crippen LogP contribution in [0.2, 0.25) is 0 Å². The molecule has 0 aliphatic carbocycles. The van der Waals surface area contributed by atoms with Crippen molar-refractivity contribution >= 4 is 21.8 Å². The van der Waals surface area contributed by atoms with Gasteiger partial charge in [-0.1, -0.05) is 0 Å². The molecular weight excluding hydrogens is 616 g/mol. The minimum absolute atomic E-state index is 0. The van der Waals surface area contributed by atoms with Crippen LogP contribution in [0.3, 0.4) is 0 Å². The van der Waals surface area contributed by atoms with Crippen molar-refractivity contribution in [1.29, 1.82) is 0 Å². The second-order valence-corrected chi connectivity index (χ2v) is 4.15. The molecule has 0 aliphatic rings. The van der Waals surface area contributed by atoms with E-state index in [4.69, 9.17) is 19.8 Å². The topological polar surface area (TPSA) is 844 Å². The van der Waals surface area contributed by atoms with Crippen molar-refractivity contribution in [3.8, 4) is 0 Å². The average Bonchev–Trinajstić information content (AvgIpc) is 1.48. The molecule has 0 aromatic rings. The number of phosphoric ester groups is 1. The molecule has 0 bridgehead atoms. The number of phosphoric acid groups is 2. The van der Waals surface area contributed by atoms with Crippen LogP contribution in [-0.2, 0) is 18.0 Å². The van der Waals surface area contributed by atoms with Gasteiger partial charge in [-0.15, -0.1) is 0 Å². The molecule has 0 aromatic carbocycles. The fourth-order valence-electron chi connectivity index (χ4n) is 0.250. The maximum Gasteiger partial charge on any atom is 1.00 e. The second-order valence-electron chi connectivity index (χ2n) is 1.40. The Morgan fingerprint density at radius 3 is 0.694 bits per heavy atom. The number of carbonyl (C=O) groups is 1. The van der Waals surface area contributed by atoms with Gasteiger partial charge in [-0.05, 0) is 0 Å². The Balaban J connectivity index is -0.00000000186. The summed E-state index contributed by atoms with van der Waals surface area (Å²) in [6.45, 7) is 0. The van der Waals surface area contributed by atoms with Gasteiger partial charge >= 0.3 is 80.9 Å². The zero-order chi connectivity index (χ0) is 9.99. The van der Waals surface area contributed by atoms with Crippen LogP contribution in [0.1, 0.15) is 2.85 Å². The van der Waals surface area contributed by atoms with Crippen LogP contribution in [0.25, 0.3) is 0 Å². The van der Waals surface area contributed by atoms with E-state index in [1.54, 1.807) is 0 Å². The fraction of sp³-hybridized carbons (Fsp3) is 0. The molecule has 0 spiro atoms. The molecule has 36 heavy (non-hydrogen) atoms. The van der Waals surface area contributed by atoms with E-state index in [0.717, 1.165) is 0 Å². The molecule has 0 aliphatic heterocycles. The van der Waals surface area contributed by atoms with Crippen LogP contribution in [0.5, 0.6) is 0 Å². The van der Waals surface area contributed by atoms with E-state index in [1.807, 2.05) is 0 Å². The number of hydrogen-bond acceptors (Lipinski definition) is 5.